The number of pyridine rings is 2. The van der Waals surface area contributed by atoms with E-state index in [4.69, 9.17) is 39.1 Å². The summed E-state index contributed by atoms with van der Waals surface area (Å²) in [4.78, 5) is 12.5. The van der Waals surface area contributed by atoms with Crippen molar-refractivity contribution in [1.82, 2.24) is 14.9 Å². The van der Waals surface area contributed by atoms with Crippen LogP contribution in [0.4, 0.5) is 20.3 Å². The number of nitrogens with one attached hydrogen (secondary N) is 1. The number of nitrogen functional groups attached to an aromatic ring is 1. The van der Waals surface area contributed by atoms with Gasteiger partial charge in [-0.3, -0.25) is 15.3 Å². The van der Waals surface area contributed by atoms with Gasteiger partial charge in [0.2, 0.25) is 0 Å². The highest BCUT2D eigenvalue weighted by molar-refractivity contribution is 6.35. The van der Waals surface area contributed by atoms with Crippen LogP contribution in [0.15, 0.2) is 36.8 Å². The van der Waals surface area contributed by atoms with E-state index in [1.54, 1.807) is 6.92 Å². The number of nitrogens with zero attached hydrogens (tertiary/aromatic N) is 4. The SMILES string of the molecule is C[C@@H](Oc1cc(C(=N)c2cnc(N3CC(C)(N4CCC4)C3)c(F)c2)c(N)cc1F)c1c(Cl)cncc1Cl. The molecule has 0 unspecified atom stereocenters. The molecule has 2 saturated heterocycles. The van der Waals surface area contributed by atoms with E-state index in [2.05, 4.69) is 21.8 Å². The minimum atomic E-state index is -0.722. The van der Waals surface area contributed by atoms with Gasteiger partial charge in [-0.25, -0.2) is 13.8 Å². The van der Waals surface area contributed by atoms with Crippen molar-refractivity contribution < 1.29 is 13.5 Å². The van der Waals surface area contributed by atoms with Gasteiger partial charge in [0.05, 0.1) is 21.3 Å². The molecule has 0 spiro atoms. The summed E-state index contributed by atoms with van der Waals surface area (Å²) in [6.07, 6.45) is 4.74. The van der Waals surface area contributed by atoms with Crippen molar-refractivity contribution in [2.24, 2.45) is 0 Å². The fourth-order valence-electron chi connectivity index (χ4n) is 4.87. The summed E-state index contributed by atoms with van der Waals surface area (Å²) in [6.45, 7) is 7.38. The van der Waals surface area contributed by atoms with E-state index >= 15 is 4.39 Å². The average Bonchev–Trinajstić information content (AvgIpc) is 2.77. The number of hydrogen-bond acceptors (Lipinski definition) is 7. The van der Waals surface area contributed by atoms with Gasteiger partial charge in [-0.05, 0) is 32.4 Å². The molecule has 3 aromatic rings. The number of ether oxygens (including phenoxy) is 1. The molecule has 11 heteroatoms. The van der Waals surface area contributed by atoms with Crippen LogP contribution in [0.25, 0.3) is 0 Å². The molecular weight excluding hydrogens is 521 g/mol. The molecule has 194 valence electrons. The van der Waals surface area contributed by atoms with Gasteiger partial charge in [-0.15, -0.1) is 0 Å². The van der Waals surface area contributed by atoms with Gasteiger partial charge < -0.3 is 15.4 Å². The minimum Gasteiger partial charge on any atom is -0.483 e. The highest BCUT2D eigenvalue weighted by Crippen LogP contribution is 2.37. The van der Waals surface area contributed by atoms with Crippen LogP contribution in [0.3, 0.4) is 0 Å². The Morgan fingerprint density at radius 2 is 1.78 bits per heavy atom. The van der Waals surface area contributed by atoms with Crippen LogP contribution in [-0.4, -0.2) is 52.3 Å². The zero-order valence-electron chi connectivity index (χ0n) is 20.4. The maximum atomic E-state index is 15.1. The van der Waals surface area contributed by atoms with Crippen molar-refractivity contribution in [3.05, 3.63) is 75.2 Å². The van der Waals surface area contributed by atoms with E-state index in [9.17, 15) is 4.39 Å². The normalized spacial score (nSPS) is 17.6. The monoisotopic (exact) mass is 546 g/mol. The highest BCUT2D eigenvalue weighted by atomic mass is 35.5. The lowest BCUT2D eigenvalue weighted by atomic mass is 9.87. The first-order valence-corrected chi connectivity index (χ1v) is 12.6. The van der Waals surface area contributed by atoms with Gasteiger partial charge in [0.1, 0.15) is 6.10 Å². The summed E-state index contributed by atoms with van der Waals surface area (Å²) >= 11 is 12.4. The van der Waals surface area contributed by atoms with Crippen LogP contribution in [-0.2, 0) is 0 Å². The summed E-state index contributed by atoms with van der Waals surface area (Å²) < 4.78 is 35.6. The third kappa shape index (κ3) is 4.71. The van der Waals surface area contributed by atoms with E-state index in [1.807, 2.05) is 4.90 Å². The second-order valence-electron chi connectivity index (χ2n) is 9.74. The average molecular weight is 547 g/mol. The molecule has 2 aliphatic rings. The molecule has 2 aromatic heterocycles. The van der Waals surface area contributed by atoms with Crippen LogP contribution in [0.1, 0.15) is 43.1 Å². The maximum absolute atomic E-state index is 15.1. The van der Waals surface area contributed by atoms with Crippen molar-refractivity contribution in [2.75, 3.05) is 36.8 Å². The first-order valence-electron chi connectivity index (χ1n) is 11.9. The second-order valence-corrected chi connectivity index (χ2v) is 10.6. The highest BCUT2D eigenvalue weighted by Gasteiger charge is 2.46. The molecule has 0 aliphatic carbocycles. The predicted octanol–water partition coefficient (Wildman–Crippen LogP) is 5.48. The molecule has 0 bridgehead atoms. The Hall–Kier alpha value is -3.01. The lowest BCUT2D eigenvalue weighted by molar-refractivity contribution is 0.0203. The Balaban J connectivity index is 1.36. The maximum Gasteiger partial charge on any atom is 0.167 e. The van der Waals surface area contributed by atoms with E-state index in [-0.39, 0.29) is 49.7 Å². The number of halogens is 4. The molecule has 1 atom stereocenters. The number of anilines is 2. The molecule has 3 N–H and O–H groups in total. The Morgan fingerprint density at radius 1 is 1.11 bits per heavy atom. The van der Waals surface area contributed by atoms with Gasteiger partial charge in [0, 0.05) is 73.2 Å². The number of rotatable bonds is 7. The fourth-order valence-corrected chi connectivity index (χ4v) is 5.54. The number of nitrogens with two attached hydrogens (primary N) is 1. The first-order chi connectivity index (χ1) is 17.6. The number of likely N-dealkylation sites (tertiary alicyclic amines) is 1. The van der Waals surface area contributed by atoms with E-state index in [0.717, 1.165) is 19.2 Å². The van der Waals surface area contributed by atoms with Gasteiger partial charge in [-0.1, -0.05) is 23.2 Å². The number of hydrogen-bond donors (Lipinski definition) is 2. The number of benzene rings is 1. The zero-order chi connectivity index (χ0) is 26.5. The lowest BCUT2D eigenvalue weighted by Gasteiger charge is -2.57. The van der Waals surface area contributed by atoms with Crippen LogP contribution >= 0.6 is 23.2 Å². The van der Waals surface area contributed by atoms with Crippen molar-refractivity contribution in [2.45, 2.75) is 31.9 Å². The minimum absolute atomic E-state index is 0.0139. The standard InChI is InChI=1S/C26H26Cl2F2N6O/c1-14(23-17(27)10-33-11-18(23)28)37-22-7-16(21(31)8-19(22)29)24(32)15-6-20(30)25(34-9-15)35-12-26(2,13-35)36-4-3-5-36/h6-11,14,32H,3-5,12-13,31H2,1-2H3/t14-/m1/s1. The fraction of sp³-hybridized carbons (Fsp3) is 0.346. The van der Waals surface area contributed by atoms with Crippen molar-refractivity contribution in [3.63, 3.8) is 0 Å². The molecule has 0 radical (unpaired) electrons. The molecule has 1 aromatic carbocycles. The molecule has 7 nitrogen and oxygen atoms in total. The molecule has 4 heterocycles. The predicted molar refractivity (Wildman–Crippen MR) is 141 cm³/mol. The van der Waals surface area contributed by atoms with Crippen LogP contribution in [0, 0.1) is 17.0 Å². The molecule has 37 heavy (non-hydrogen) atoms. The topological polar surface area (TPSA) is 91.4 Å². The largest absolute Gasteiger partial charge is 0.483 e. The Kier molecular flexibility index (Phi) is 6.72. The summed E-state index contributed by atoms with van der Waals surface area (Å²) in [7, 11) is 0. The quantitative estimate of drug-likeness (QED) is 0.301. The van der Waals surface area contributed by atoms with Gasteiger partial charge in [-0.2, -0.15) is 0 Å². The van der Waals surface area contributed by atoms with Gasteiger partial charge in [0.15, 0.2) is 23.2 Å². The van der Waals surface area contributed by atoms with Crippen molar-refractivity contribution in [1.29, 1.82) is 5.41 Å². The molecule has 0 saturated carbocycles. The second kappa shape index (κ2) is 9.70. The molecule has 5 rings (SSSR count). The molecule has 0 amide bonds. The third-order valence-electron chi connectivity index (χ3n) is 7.07. The third-order valence-corrected chi connectivity index (χ3v) is 7.67. The molecular formula is C26H26Cl2F2N6O. The van der Waals surface area contributed by atoms with E-state index in [0.29, 0.717) is 18.7 Å². The summed E-state index contributed by atoms with van der Waals surface area (Å²) in [5.74, 6) is -1.14. The van der Waals surface area contributed by atoms with Crippen molar-refractivity contribution in [3.8, 4) is 5.75 Å². The van der Waals surface area contributed by atoms with E-state index < -0.39 is 17.7 Å². The lowest BCUT2D eigenvalue weighted by Crippen LogP contribution is -2.71. The summed E-state index contributed by atoms with van der Waals surface area (Å²) in [6, 6.07) is 3.63. The van der Waals surface area contributed by atoms with Crippen LogP contribution in [0.2, 0.25) is 10.0 Å². The smallest absolute Gasteiger partial charge is 0.167 e. The van der Waals surface area contributed by atoms with Crippen molar-refractivity contribution >= 4 is 40.4 Å². The number of aromatic nitrogens is 2. The van der Waals surface area contributed by atoms with Crippen LogP contribution < -0.4 is 15.4 Å². The zero-order valence-corrected chi connectivity index (χ0v) is 21.9. The molecule has 2 fully saturated rings. The Labute approximate surface area is 223 Å². The van der Waals surface area contributed by atoms with Gasteiger partial charge in [0.25, 0.3) is 0 Å². The molecule has 2 aliphatic heterocycles. The Bertz CT molecular complexity index is 1360. The summed E-state index contributed by atoms with van der Waals surface area (Å²) in [5.41, 5.74) is 6.81. The van der Waals surface area contributed by atoms with Crippen LogP contribution in [0.5, 0.6) is 5.75 Å². The Morgan fingerprint density at radius 3 is 2.38 bits per heavy atom. The first kappa shape index (κ1) is 25.6. The van der Waals surface area contributed by atoms with E-state index in [1.165, 1.54) is 37.1 Å². The van der Waals surface area contributed by atoms with Gasteiger partial charge >= 0.3 is 0 Å². The summed E-state index contributed by atoms with van der Waals surface area (Å²) in [5, 5.41) is 9.19.